The Bertz CT molecular complexity index is 254. The molecule has 3 unspecified atom stereocenters. The number of rotatable bonds is 3. The van der Waals surface area contributed by atoms with E-state index in [9.17, 15) is 9.59 Å². The normalized spacial score (nSPS) is 28.1. The summed E-state index contributed by atoms with van der Waals surface area (Å²) in [4.78, 5) is 22.0. The summed E-state index contributed by atoms with van der Waals surface area (Å²) in [5, 5.41) is 11.4. The van der Waals surface area contributed by atoms with Gasteiger partial charge in [-0.15, -0.1) is 0 Å². The van der Waals surface area contributed by atoms with E-state index in [0.29, 0.717) is 13.2 Å². The second-order valence-electron chi connectivity index (χ2n) is 4.02. The van der Waals surface area contributed by atoms with E-state index < -0.39 is 17.8 Å². The molecule has 0 saturated carbocycles. The topological polar surface area (TPSA) is 75.6 Å². The van der Waals surface area contributed by atoms with Gasteiger partial charge in [0.05, 0.1) is 6.61 Å². The summed E-state index contributed by atoms with van der Waals surface area (Å²) in [6.07, 6.45) is 0.749. The predicted molar refractivity (Wildman–Crippen MR) is 53.3 cm³/mol. The second-order valence-corrected chi connectivity index (χ2v) is 4.02. The summed E-state index contributed by atoms with van der Waals surface area (Å²) >= 11 is 0. The van der Waals surface area contributed by atoms with Crippen LogP contribution in [-0.4, -0.2) is 36.2 Å². The third-order valence-electron chi connectivity index (χ3n) is 2.73. The van der Waals surface area contributed by atoms with Crippen LogP contribution in [0.1, 0.15) is 20.3 Å². The number of ether oxygens (including phenoxy) is 1. The van der Waals surface area contributed by atoms with Gasteiger partial charge >= 0.3 is 5.97 Å². The summed E-state index contributed by atoms with van der Waals surface area (Å²) in [7, 11) is 0. The Kier molecular flexibility index (Phi) is 4.08. The summed E-state index contributed by atoms with van der Waals surface area (Å²) in [5.74, 6) is -2.25. The number of carbonyl (C=O) groups is 2. The molecule has 1 rings (SSSR count). The SMILES string of the molecule is CC(C(=O)O)C(=O)NC1CCOCC1C. The van der Waals surface area contributed by atoms with Crippen molar-refractivity contribution in [1.29, 1.82) is 0 Å². The number of aliphatic carboxylic acids is 1. The number of hydrogen-bond donors (Lipinski definition) is 2. The van der Waals surface area contributed by atoms with Gasteiger partial charge in [0.15, 0.2) is 0 Å². The largest absolute Gasteiger partial charge is 0.481 e. The lowest BCUT2D eigenvalue weighted by atomic mass is 9.97. The molecule has 1 fully saturated rings. The molecule has 0 radical (unpaired) electrons. The maximum absolute atomic E-state index is 11.5. The van der Waals surface area contributed by atoms with Crippen molar-refractivity contribution in [2.24, 2.45) is 11.8 Å². The Balaban J connectivity index is 2.46. The van der Waals surface area contributed by atoms with Crippen LogP contribution in [0.25, 0.3) is 0 Å². The number of carboxylic acids is 1. The quantitative estimate of drug-likeness (QED) is 0.662. The molecule has 1 aliphatic rings. The average molecular weight is 215 g/mol. The minimum atomic E-state index is -1.09. The highest BCUT2D eigenvalue weighted by molar-refractivity contribution is 5.96. The minimum absolute atomic E-state index is 0.0352. The first-order valence-electron chi connectivity index (χ1n) is 5.13. The fraction of sp³-hybridized carbons (Fsp3) is 0.800. The standard InChI is InChI=1S/C10H17NO4/c1-6-5-15-4-3-8(6)11-9(12)7(2)10(13)14/h6-8H,3-5H2,1-2H3,(H,11,12)(H,13,14). The lowest BCUT2D eigenvalue weighted by molar-refractivity contribution is -0.146. The van der Waals surface area contributed by atoms with Gasteiger partial charge in [-0.1, -0.05) is 6.92 Å². The Morgan fingerprint density at radius 3 is 2.73 bits per heavy atom. The van der Waals surface area contributed by atoms with E-state index in [1.807, 2.05) is 6.92 Å². The van der Waals surface area contributed by atoms with Crippen molar-refractivity contribution in [3.8, 4) is 0 Å². The molecule has 0 spiro atoms. The Labute approximate surface area is 88.8 Å². The molecule has 0 aromatic carbocycles. The fourth-order valence-corrected chi connectivity index (χ4v) is 1.51. The highest BCUT2D eigenvalue weighted by atomic mass is 16.5. The zero-order chi connectivity index (χ0) is 11.4. The number of nitrogens with one attached hydrogen (secondary N) is 1. The van der Waals surface area contributed by atoms with Gasteiger partial charge in [0, 0.05) is 12.6 Å². The van der Waals surface area contributed by atoms with Crippen LogP contribution in [0.5, 0.6) is 0 Å². The predicted octanol–water partition coefficient (Wildman–Crippen LogP) is 0.248. The van der Waals surface area contributed by atoms with E-state index in [-0.39, 0.29) is 12.0 Å². The third-order valence-corrected chi connectivity index (χ3v) is 2.73. The molecule has 0 aromatic heterocycles. The van der Waals surface area contributed by atoms with E-state index >= 15 is 0 Å². The lowest BCUT2D eigenvalue weighted by Gasteiger charge is -2.30. The van der Waals surface area contributed by atoms with Gasteiger partial charge in [0.1, 0.15) is 5.92 Å². The smallest absolute Gasteiger partial charge is 0.315 e. The Morgan fingerprint density at radius 1 is 1.53 bits per heavy atom. The molecule has 1 saturated heterocycles. The van der Waals surface area contributed by atoms with Gasteiger partial charge in [-0.05, 0) is 19.3 Å². The van der Waals surface area contributed by atoms with E-state index in [2.05, 4.69) is 5.32 Å². The first-order chi connectivity index (χ1) is 7.02. The number of carbonyl (C=O) groups excluding carboxylic acids is 1. The summed E-state index contributed by atoms with van der Waals surface area (Å²) in [5.41, 5.74) is 0. The summed E-state index contributed by atoms with van der Waals surface area (Å²) < 4.78 is 5.23. The zero-order valence-electron chi connectivity index (χ0n) is 9.03. The van der Waals surface area contributed by atoms with Crippen LogP contribution in [0.15, 0.2) is 0 Å². The fourth-order valence-electron chi connectivity index (χ4n) is 1.51. The van der Waals surface area contributed by atoms with Crippen LogP contribution < -0.4 is 5.32 Å². The van der Waals surface area contributed by atoms with Crippen molar-refractivity contribution in [3.63, 3.8) is 0 Å². The van der Waals surface area contributed by atoms with Crippen molar-refractivity contribution >= 4 is 11.9 Å². The molecule has 3 atom stereocenters. The molecule has 2 N–H and O–H groups in total. The molecule has 86 valence electrons. The molecule has 1 amide bonds. The molecule has 5 nitrogen and oxygen atoms in total. The molecule has 0 aromatic rings. The first kappa shape index (κ1) is 12.0. The van der Waals surface area contributed by atoms with Crippen molar-refractivity contribution in [3.05, 3.63) is 0 Å². The number of amides is 1. The monoisotopic (exact) mass is 215 g/mol. The van der Waals surface area contributed by atoms with Gasteiger partial charge in [0.2, 0.25) is 5.91 Å². The van der Waals surface area contributed by atoms with Gasteiger partial charge in [-0.25, -0.2) is 0 Å². The van der Waals surface area contributed by atoms with Crippen molar-refractivity contribution in [1.82, 2.24) is 5.32 Å². The van der Waals surface area contributed by atoms with E-state index in [4.69, 9.17) is 9.84 Å². The van der Waals surface area contributed by atoms with Crippen LogP contribution in [0, 0.1) is 11.8 Å². The molecule has 1 heterocycles. The van der Waals surface area contributed by atoms with Crippen LogP contribution >= 0.6 is 0 Å². The van der Waals surface area contributed by atoms with Crippen LogP contribution in [0.3, 0.4) is 0 Å². The van der Waals surface area contributed by atoms with Gasteiger partial charge in [-0.2, -0.15) is 0 Å². The number of carboxylic acid groups (broad SMARTS) is 1. The van der Waals surface area contributed by atoms with Crippen LogP contribution in [0.2, 0.25) is 0 Å². The van der Waals surface area contributed by atoms with Crippen molar-refractivity contribution < 1.29 is 19.4 Å². The zero-order valence-corrected chi connectivity index (χ0v) is 9.03. The summed E-state index contributed by atoms with van der Waals surface area (Å²) in [6.45, 7) is 4.61. The van der Waals surface area contributed by atoms with E-state index in [0.717, 1.165) is 6.42 Å². The van der Waals surface area contributed by atoms with Crippen LogP contribution in [0.4, 0.5) is 0 Å². The molecule has 0 aliphatic carbocycles. The maximum atomic E-state index is 11.5. The molecule has 15 heavy (non-hydrogen) atoms. The molecule has 5 heteroatoms. The molecule has 0 bridgehead atoms. The van der Waals surface area contributed by atoms with Gasteiger partial charge < -0.3 is 15.2 Å². The average Bonchev–Trinajstić information content (AvgIpc) is 2.20. The minimum Gasteiger partial charge on any atom is -0.481 e. The Morgan fingerprint density at radius 2 is 2.20 bits per heavy atom. The lowest BCUT2D eigenvalue weighted by Crippen LogP contribution is -2.47. The maximum Gasteiger partial charge on any atom is 0.315 e. The van der Waals surface area contributed by atoms with Gasteiger partial charge in [0.25, 0.3) is 0 Å². The Hall–Kier alpha value is -1.10. The van der Waals surface area contributed by atoms with E-state index in [1.165, 1.54) is 6.92 Å². The highest BCUT2D eigenvalue weighted by Crippen LogP contribution is 2.14. The number of hydrogen-bond acceptors (Lipinski definition) is 3. The van der Waals surface area contributed by atoms with Crippen molar-refractivity contribution in [2.45, 2.75) is 26.3 Å². The molecule has 1 aliphatic heterocycles. The molecular weight excluding hydrogens is 198 g/mol. The first-order valence-corrected chi connectivity index (χ1v) is 5.13. The van der Waals surface area contributed by atoms with E-state index in [1.54, 1.807) is 0 Å². The molecular formula is C10H17NO4. The second kappa shape index (κ2) is 5.11. The highest BCUT2D eigenvalue weighted by Gasteiger charge is 2.27. The van der Waals surface area contributed by atoms with Crippen LogP contribution in [-0.2, 0) is 14.3 Å². The third kappa shape index (κ3) is 3.20. The van der Waals surface area contributed by atoms with Gasteiger partial charge in [-0.3, -0.25) is 9.59 Å². The van der Waals surface area contributed by atoms with Crippen molar-refractivity contribution in [2.75, 3.05) is 13.2 Å². The summed E-state index contributed by atoms with van der Waals surface area (Å²) in [6, 6.07) is 0.0352.